The van der Waals surface area contributed by atoms with E-state index >= 15 is 0 Å². The second kappa shape index (κ2) is 11.9. The molecule has 2 amide bonds. The Bertz CT molecular complexity index is 1020. The maximum Gasteiger partial charge on any atom is 0.258 e. The number of amides is 2. The topological polar surface area (TPSA) is 63.0 Å². The Hall–Kier alpha value is -3.54. The monoisotopic (exact) mass is 448 g/mol. The Labute approximate surface area is 195 Å². The number of benzene rings is 2. The van der Waals surface area contributed by atoms with Crippen LogP contribution in [0.2, 0.25) is 0 Å². The molecule has 2 aromatic carbocycles. The molecule has 3 aromatic rings. The summed E-state index contributed by atoms with van der Waals surface area (Å²) in [6, 6.07) is 20.7. The van der Waals surface area contributed by atoms with E-state index in [0.717, 1.165) is 18.4 Å². The van der Waals surface area contributed by atoms with Gasteiger partial charge in [-0.05, 0) is 49.6 Å². The molecular weight excluding hydrogens is 416 g/mol. The molecule has 0 unspecified atom stereocenters. The van der Waals surface area contributed by atoms with Crippen molar-refractivity contribution < 1.29 is 18.7 Å². The van der Waals surface area contributed by atoms with Gasteiger partial charge in [-0.2, -0.15) is 0 Å². The average Bonchev–Trinajstić information content (AvgIpc) is 3.37. The Morgan fingerprint density at radius 1 is 1.00 bits per heavy atom. The second-order valence-electron chi connectivity index (χ2n) is 8.02. The van der Waals surface area contributed by atoms with Crippen LogP contribution >= 0.6 is 0 Å². The average molecular weight is 449 g/mol. The molecule has 0 N–H and O–H groups in total. The number of rotatable bonds is 11. The van der Waals surface area contributed by atoms with Crippen molar-refractivity contribution in [1.29, 1.82) is 0 Å². The minimum atomic E-state index is -0.212. The van der Waals surface area contributed by atoms with Gasteiger partial charge in [-0.3, -0.25) is 9.59 Å². The van der Waals surface area contributed by atoms with Gasteiger partial charge in [-0.25, -0.2) is 0 Å². The van der Waals surface area contributed by atoms with Crippen LogP contribution in [0.25, 0.3) is 0 Å². The number of hydrogen-bond donors (Lipinski definition) is 0. The summed E-state index contributed by atoms with van der Waals surface area (Å²) in [7, 11) is 1.54. The zero-order chi connectivity index (χ0) is 23.6. The van der Waals surface area contributed by atoms with E-state index in [1.807, 2.05) is 62.4 Å². The van der Waals surface area contributed by atoms with E-state index in [2.05, 4.69) is 0 Å². The first-order valence-electron chi connectivity index (χ1n) is 11.3. The summed E-state index contributed by atoms with van der Waals surface area (Å²) in [5, 5.41) is 0. The zero-order valence-corrected chi connectivity index (χ0v) is 19.6. The predicted octanol–water partition coefficient (Wildman–Crippen LogP) is 4.80. The second-order valence-corrected chi connectivity index (χ2v) is 8.02. The smallest absolute Gasteiger partial charge is 0.258 e. The third-order valence-electron chi connectivity index (χ3n) is 5.82. The predicted molar refractivity (Wildman–Crippen MR) is 128 cm³/mol. The molecule has 0 fully saturated rings. The molecule has 0 aliphatic heterocycles. The highest BCUT2D eigenvalue weighted by atomic mass is 16.5. The summed E-state index contributed by atoms with van der Waals surface area (Å²) < 4.78 is 10.9. The number of ether oxygens (including phenoxy) is 1. The molecule has 1 heterocycles. The van der Waals surface area contributed by atoms with Gasteiger partial charge in [-0.15, -0.1) is 0 Å². The number of para-hydroxylation sites is 1. The van der Waals surface area contributed by atoms with Crippen molar-refractivity contribution in [3.05, 3.63) is 89.9 Å². The van der Waals surface area contributed by atoms with Crippen LogP contribution in [-0.2, 0) is 17.8 Å². The first kappa shape index (κ1) is 24.1. The van der Waals surface area contributed by atoms with Crippen LogP contribution in [0, 0.1) is 0 Å². The van der Waals surface area contributed by atoms with Crippen molar-refractivity contribution in [2.24, 2.45) is 0 Å². The highest BCUT2D eigenvalue weighted by Crippen LogP contribution is 2.21. The van der Waals surface area contributed by atoms with Crippen LogP contribution < -0.4 is 4.74 Å². The fourth-order valence-electron chi connectivity index (χ4n) is 3.66. The van der Waals surface area contributed by atoms with Crippen molar-refractivity contribution in [2.75, 3.05) is 20.2 Å². The molecule has 0 spiro atoms. The fourth-order valence-corrected chi connectivity index (χ4v) is 3.66. The molecule has 0 bridgehead atoms. The summed E-state index contributed by atoms with van der Waals surface area (Å²) in [6.07, 6.45) is 3.05. The van der Waals surface area contributed by atoms with Gasteiger partial charge in [0.2, 0.25) is 5.91 Å². The van der Waals surface area contributed by atoms with Gasteiger partial charge in [0.25, 0.3) is 5.91 Å². The van der Waals surface area contributed by atoms with Gasteiger partial charge in [0, 0.05) is 12.6 Å². The molecule has 6 nitrogen and oxygen atoms in total. The summed E-state index contributed by atoms with van der Waals surface area (Å²) in [4.78, 5) is 30.3. The van der Waals surface area contributed by atoms with Gasteiger partial charge in [0.1, 0.15) is 18.1 Å². The van der Waals surface area contributed by atoms with Gasteiger partial charge < -0.3 is 19.0 Å². The van der Waals surface area contributed by atoms with Crippen molar-refractivity contribution >= 4 is 11.8 Å². The van der Waals surface area contributed by atoms with E-state index in [4.69, 9.17) is 9.15 Å². The highest BCUT2D eigenvalue weighted by Gasteiger charge is 2.27. The van der Waals surface area contributed by atoms with Crippen LogP contribution in [0.15, 0.2) is 77.4 Å². The number of methoxy groups -OCH3 is 1. The molecular formula is C27H32N2O4. The summed E-state index contributed by atoms with van der Waals surface area (Å²) in [5.74, 6) is 0.879. The van der Waals surface area contributed by atoms with Crippen molar-refractivity contribution in [3.63, 3.8) is 0 Å². The summed E-state index contributed by atoms with van der Waals surface area (Å²) >= 11 is 0. The SMILES string of the molecule is CC[C@H](C)N(CC(=O)N(CCc1ccccc1)Cc1ccco1)C(=O)c1ccccc1OC. The Morgan fingerprint density at radius 2 is 1.73 bits per heavy atom. The number of carbonyl (C=O) groups is 2. The molecule has 0 saturated heterocycles. The Kier molecular flexibility index (Phi) is 8.70. The number of carbonyl (C=O) groups excluding carboxylic acids is 2. The Balaban J connectivity index is 1.80. The molecule has 174 valence electrons. The van der Waals surface area contributed by atoms with Crippen LogP contribution in [0.5, 0.6) is 5.75 Å². The lowest BCUT2D eigenvalue weighted by Crippen LogP contribution is -2.46. The van der Waals surface area contributed by atoms with Crippen LogP contribution in [0.3, 0.4) is 0 Å². The number of nitrogens with zero attached hydrogens (tertiary/aromatic N) is 2. The van der Waals surface area contributed by atoms with Gasteiger partial charge >= 0.3 is 0 Å². The minimum Gasteiger partial charge on any atom is -0.496 e. The van der Waals surface area contributed by atoms with Gasteiger partial charge in [0.05, 0.1) is 25.5 Å². The van der Waals surface area contributed by atoms with Crippen molar-refractivity contribution in [3.8, 4) is 5.75 Å². The Morgan fingerprint density at radius 3 is 2.39 bits per heavy atom. The highest BCUT2D eigenvalue weighted by molar-refractivity contribution is 5.99. The normalized spacial score (nSPS) is 11.6. The summed E-state index contributed by atoms with van der Waals surface area (Å²) in [5.41, 5.74) is 1.61. The van der Waals surface area contributed by atoms with Crippen molar-refractivity contribution in [2.45, 2.75) is 39.3 Å². The standard InChI is InChI=1S/C27H32N2O4/c1-4-21(2)29(27(31)24-14-8-9-15-25(24)32-3)20-26(30)28(19-23-13-10-18-33-23)17-16-22-11-6-5-7-12-22/h5-15,18,21H,4,16-17,19-20H2,1-3H3/t21-/m0/s1. The van der Waals surface area contributed by atoms with Crippen LogP contribution in [0.4, 0.5) is 0 Å². The largest absolute Gasteiger partial charge is 0.496 e. The van der Waals surface area contributed by atoms with Gasteiger partial charge in [-0.1, -0.05) is 49.4 Å². The fraction of sp³-hybridized carbons (Fsp3) is 0.333. The molecule has 1 atom stereocenters. The summed E-state index contributed by atoms with van der Waals surface area (Å²) in [6.45, 7) is 4.84. The van der Waals surface area contributed by atoms with E-state index in [1.165, 1.54) is 0 Å². The van der Waals surface area contributed by atoms with Crippen LogP contribution in [-0.4, -0.2) is 47.9 Å². The first-order valence-corrected chi connectivity index (χ1v) is 11.3. The quantitative estimate of drug-likeness (QED) is 0.423. The molecule has 3 rings (SSSR count). The van der Waals surface area contributed by atoms with E-state index in [0.29, 0.717) is 30.2 Å². The third kappa shape index (κ3) is 6.48. The molecule has 0 aliphatic carbocycles. The number of furan rings is 1. The van der Waals surface area contributed by atoms with E-state index in [-0.39, 0.29) is 24.4 Å². The van der Waals surface area contributed by atoms with Gasteiger partial charge in [0.15, 0.2) is 0 Å². The van der Waals surface area contributed by atoms with E-state index in [9.17, 15) is 9.59 Å². The van der Waals surface area contributed by atoms with E-state index < -0.39 is 0 Å². The lowest BCUT2D eigenvalue weighted by Gasteiger charge is -2.31. The lowest BCUT2D eigenvalue weighted by molar-refractivity contribution is -0.133. The van der Waals surface area contributed by atoms with Crippen molar-refractivity contribution in [1.82, 2.24) is 9.80 Å². The van der Waals surface area contributed by atoms with Crippen LogP contribution in [0.1, 0.15) is 41.9 Å². The third-order valence-corrected chi connectivity index (χ3v) is 5.82. The first-order chi connectivity index (χ1) is 16.0. The minimum absolute atomic E-state index is 0.0125. The molecule has 33 heavy (non-hydrogen) atoms. The molecule has 0 saturated carbocycles. The molecule has 0 aliphatic rings. The molecule has 6 heteroatoms. The molecule has 1 aromatic heterocycles. The maximum atomic E-state index is 13.5. The maximum absolute atomic E-state index is 13.5. The number of hydrogen-bond acceptors (Lipinski definition) is 4. The molecule has 0 radical (unpaired) electrons. The zero-order valence-electron chi connectivity index (χ0n) is 19.6. The van der Waals surface area contributed by atoms with E-state index in [1.54, 1.807) is 41.4 Å². The lowest BCUT2D eigenvalue weighted by atomic mass is 10.1.